The summed E-state index contributed by atoms with van der Waals surface area (Å²) in [4.78, 5) is 24.0. The summed E-state index contributed by atoms with van der Waals surface area (Å²) in [7, 11) is 0. The van der Waals surface area contributed by atoms with E-state index in [-0.39, 0.29) is 18.4 Å². The first-order chi connectivity index (χ1) is 7.16. The van der Waals surface area contributed by atoms with E-state index in [2.05, 4.69) is 0 Å². The Bertz CT molecular complexity index is 256. The highest BCUT2D eigenvalue weighted by atomic mass is 16.4. The van der Waals surface area contributed by atoms with E-state index in [4.69, 9.17) is 10.8 Å². The number of nitrogens with two attached hydrogens (primary N) is 1. The maximum atomic E-state index is 11.9. The van der Waals surface area contributed by atoms with Crippen LogP contribution in [0.3, 0.4) is 0 Å². The minimum absolute atomic E-state index is 0.0316. The van der Waals surface area contributed by atoms with E-state index in [0.717, 1.165) is 0 Å². The highest BCUT2D eigenvalue weighted by Crippen LogP contribution is 2.10. The highest BCUT2D eigenvalue weighted by Gasteiger charge is 2.28. The molecular weight excluding hydrogens is 208 g/mol. The van der Waals surface area contributed by atoms with Crippen molar-refractivity contribution in [3.63, 3.8) is 0 Å². The SMILES string of the molecule is CC(C)N(CCCC(=O)O)C(=O)C(C)(C)N. The summed E-state index contributed by atoms with van der Waals surface area (Å²) in [6, 6.07) is 0.0316. The molecule has 0 radical (unpaired) electrons. The number of carboxylic acids is 1. The molecule has 5 nitrogen and oxygen atoms in total. The summed E-state index contributed by atoms with van der Waals surface area (Å²) < 4.78 is 0. The van der Waals surface area contributed by atoms with Crippen molar-refractivity contribution in [1.82, 2.24) is 4.90 Å². The maximum Gasteiger partial charge on any atom is 0.303 e. The molecule has 0 aromatic rings. The van der Waals surface area contributed by atoms with Crippen LogP contribution in [0.2, 0.25) is 0 Å². The summed E-state index contributed by atoms with van der Waals surface area (Å²) in [5.74, 6) is -0.990. The molecule has 0 fully saturated rings. The molecule has 0 aliphatic rings. The second-order valence-electron chi connectivity index (χ2n) is 4.81. The Hall–Kier alpha value is -1.10. The van der Waals surface area contributed by atoms with E-state index in [0.29, 0.717) is 13.0 Å². The third kappa shape index (κ3) is 5.11. The van der Waals surface area contributed by atoms with Crippen LogP contribution >= 0.6 is 0 Å². The van der Waals surface area contributed by atoms with Crippen LogP contribution < -0.4 is 5.73 Å². The lowest BCUT2D eigenvalue weighted by Crippen LogP contribution is -2.53. The third-order valence-electron chi connectivity index (χ3n) is 2.23. The fraction of sp³-hybridized carbons (Fsp3) is 0.818. The molecule has 3 N–H and O–H groups in total. The Morgan fingerprint density at radius 2 is 1.88 bits per heavy atom. The molecule has 0 aromatic heterocycles. The predicted octanol–water partition coefficient (Wildman–Crippen LogP) is 0.826. The van der Waals surface area contributed by atoms with Gasteiger partial charge < -0.3 is 15.7 Å². The monoisotopic (exact) mass is 230 g/mol. The lowest BCUT2D eigenvalue weighted by Gasteiger charge is -2.32. The summed E-state index contributed by atoms with van der Waals surface area (Å²) in [5, 5.41) is 8.54. The predicted molar refractivity (Wildman–Crippen MR) is 62.0 cm³/mol. The lowest BCUT2D eigenvalue weighted by atomic mass is 10.0. The standard InChI is InChI=1S/C11H22N2O3/c1-8(2)13(7-5-6-9(14)15)10(16)11(3,4)12/h8H,5-7,12H2,1-4H3,(H,14,15). The van der Waals surface area contributed by atoms with Crippen molar-refractivity contribution in [2.75, 3.05) is 6.54 Å². The number of hydrogen-bond donors (Lipinski definition) is 2. The van der Waals surface area contributed by atoms with E-state index < -0.39 is 11.5 Å². The smallest absolute Gasteiger partial charge is 0.303 e. The van der Waals surface area contributed by atoms with Crippen molar-refractivity contribution in [3.05, 3.63) is 0 Å². The molecule has 16 heavy (non-hydrogen) atoms. The van der Waals surface area contributed by atoms with Gasteiger partial charge in [0.2, 0.25) is 5.91 Å². The quantitative estimate of drug-likeness (QED) is 0.707. The van der Waals surface area contributed by atoms with E-state index in [1.54, 1.807) is 18.7 Å². The minimum atomic E-state index is -0.909. The third-order valence-corrected chi connectivity index (χ3v) is 2.23. The average molecular weight is 230 g/mol. The molecule has 0 rings (SSSR count). The van der Waals surface area contributed by atoms with Gasteiger partial charge >= 0.3 is 5.97 Å². The summed E-state index contributed by atoms with van der Waals surface area (Å²) in [6.07, 6.45) is 0.525. The van der Waals surface area contributed by atoms with Gasteiger partial charge in [-0.2, -0.15) is 0 Å². The fourth-order valence-corrected chi connectivity index (χ4v) is 1.37. The number of carbonyl (C=O) groups excluding carboxylic acids is 1. The molecule has 0 heterocycles. The van der Waals surface area contributed by atoms with Crippen molar-refractivity contribution in [2.24, 2.45) is 5.73 Å². The zero-order chi connectivity index (χ0) is 12.9. The van der Waals surface area contributed by atoms with Crippen LogP contribution in [0.4, 0.5) is 0 Å². The van der Waals surface area contributed by atoms with Crippen molar-refractivity contribution in [2.45, 2.75) is 52.1 Å². The maximum absolute atomic E-state index is 11.9. The van der Waals surface area contributed by atoms with E-state index in [1.165, 1.54) is 0 Å². The summed E-state index contributed by atoms with van der Waals surface area (Å²) in [5.41, 5.74) is 4.83. The van der Waals surface area contributed by atoms with Crippen LogP contribution in [0.1, 0.15) is 40.5 Å². The normalized spacial score (nSPS) is 11.6. The fourth-order valence-electron chi connectivity index (χ4n) is 1.37. The van der Waals surface area contributed by atoms with Gasteiger partial charge in [-0.15, -0.1) is 0 Å². The molecule has 0 aliphatic carbocycles. The lowest BCUT2D eigenvalue weighted by molar-refractivity contribution is -0.140. The molecule has 94 valence electrons. The topological polar surface area (TPSA) is 83.6 Å². The van der Waals surface area contributed by atoms with Gasteiger partial charge in [-0.05, 0) is 34.1 Å². The van der Waals surface area contributed by atoms with Gasteiger partial charge in [-0.1, -0.05) is 0 Å². The van der Waals surface area contributed by atoms with Gasteiger partial charge in [-0.3, -0.25) is 9.59 Å². The number of amides is 1. The van der Waals surface area contributed by atoms with Crippen molar-refractivity contribution >= 4 is 11.9 Å². The summed E-state index contributed by atoms with van der Waals surface area (Å²) >= 11 is 0. The number of carboxylic acid groups (broad SMARTS) is 1. The second kappa shape index (κ2) is 5.84. The Balaban J connectivity index is 4.40. The molecule has 0 saturated carbocycles. The van der Waals surface area contributed by atoms with Gasteiger partial charge in [0.25, 0.3) is 0 Å². The number of hydrogen-bond acceptors (Lipinski definition) is 3. The second-order valence-corrected chi connectivity index (χ2v) is 4.81. The Morgan fingerprint density at radius 3 is 2.19 bits per heavy atom. The highest BCUT2D eigenvalue weighted by molar-refractivity contribution is 5.85. The molecule has 0 saturated heterocycles. The zero-order valence-corrected chi connectivity index (χ0v) is 10.5. The van der Waals surface area contributed by atoms with Crippen LogP contribution in [-0.4, -0.2) is 40.0 Å². The van der Waals surface area contributed by atoms with Crippen molar-refractivity contribution in [1.29, 1.82) is 0 Å². The van der Waals surface area contributed by atoms with Crippen molar-refractivity contribution < 1.29 is 14.7 Å². The largest absolute Gasteiger partial charge is 0.481 e. The molecule has 0 atom stereocenters. The first-order valence-electron chi connectivity index (χ1n) is 5.48. The van der Waals surface area contributed by atoms with Crippen LogP contribution in [-0.2, 0) is 9.59 Å². The van der Waals surface area contributed by atoms with E-state index in [9.17, 15) is 9.59 Å². The number of carbonyl (C=O) groups is 2. The summed E-state index contributed by atoms with van der Waals surface area (Å²) in [6.45, 7) is 7.53. The Morgan fingerprint density at radius 1 is 1.38 bits per heavy atom. The van der Waals surface area contributed by atoms with Crippen LogP contribution in [0.5, 0.6) is 0 Å². The average Bonchev–Trinajstić information content (AvgIpc) is 2.08. The number of nitrogens with zero attached hydrogens (tertiary/aromatic N) is 1. The molecule has 1 amide bonds. The van der Waals surface area contributed by atoms with E-state index in [1.807, 2.05) is 13.8 Å². The first kappa shape index (κ1) is 14.9. The van der Waals surface area contributed by atoms with Crippen LogP contribution in [0.25, 0.3) is 0 Å². The molecule has 0 unspecified atom stereocenters. The molecule has 0 bridgehead atoms. The minimum Gasteiger partial charge on any atom is -0.481 e. The number of rotatable bonds is 6. The molecule has 0 aliphatic heterocycles. The van der Waals surface area contributed by atoms with Gasteiger partial charge in [0.1, 0.15) is 0 Å². The molecule has 0 aromatic carbocycles. The Kier molecular flexibility index (Phi) is 5.44. The van der Waals surface area contributed by atoms with Gasteiger partial charge in [0, 0.05) is 19.0 Å². The first-order valence-corrected chi connectivity index (χ1v) is 5.48. The van der Waals surface area contributed by atoms with E-state index >= 15 is 0 Å². The van der Waals surface area contributed by atoms with Gasteiger partial charge in [-0.25, -0.2) is 0 Å². The molecular formula is C11H22N2O3. The van der Waals surface area contributed by atoms with Crippen LogP contribution in [0.15, 0.2) is 0 Å². The van der Waals surface area contributed by atoms with Crippen molar-refractivity contribution in [3.8, 4) is 0 Å². The van der Waals surface area contributed by atoms with Gasteiger partial charge in [0.05, 0.1) is 5.54 Å². The molecule has 5 heteroatoms. The zero-order valence-electron chi connectivity index (χ0n) is 10.5. The molecule has 0 spiro atoms. The number of aliphatic carboxylic acids is 1. The van der Waals surface area contributed by atoms with Gasteiger partial charge in [0.15, 0.2) is 0 Å². The Labute approximate surface area is 96.6 Å². The van der Waals surface area contributed by atoms with Crippen LogP contribution in [0, 0.1) is 0 Å².